The third-order valence-electron chi connectivity index (χ3n) is 3.84. The van der Waals surface area contributed by atoms with E-state index in [-0.39, 0.29) is 23.2 Å². The van der Waals surface area contributed by atoms with E-state index in [1.54, 1.807) is 0 Å². The van der Waals surface area contributed by atoms with E-state index in [1.807, 2.05) is 0 Å². The first-order chi connectivity index (χ1) is 9.87. The number of aliphatic hydroxyl groups excluding tert-OH is 1. The summed E-state index contributed by atoms with van der Waals surface area (Å²) >= 11 is 0. The van der Waals surface area contributed by atoms with Crippen LogP contribution in [0.5, 0.6) is 0 Å². The summed E-state index contributed by atoms with van der Waals surface area (Å²) in [6.07, 6.45) is 4.16. The zero-order chi connectivity index (χ0) is 15.6. The van der Waals surface area contributed by atoms with Crippen LogP contribution < -0.4 is 0 Å². The second kappa shape index (κ2) is 6.17. The topological polar surface area (TPSA) is 99.8 Å². The van der Waals surface area contributed by atoms with Crippen molar-refractivity contribution in [1.82, 2.24) is 8.87 Å². The normalized spacial score (nSPS) is 20.6. The first-order valence-electron chi connectivity index (χ1n) is 6.90. The van der Waals surface area contributed by atoms with E-state index in [0.717, 1.165) is 19.3 Å². The number of carbonyl (C=O) groups is 1. The molecule has 1 aromatic heterocycles. The SMILES string of the molecule is Cn1cc(S(=O)(=O)N2CCCCC2CCO)cc1C(=O)O. The lowest BCUT2D eigenvalue weighted by Gasteiger charge is -2.34. The molecule has 2 heterocycles. The zero-order valence-electron chi connectivity index (χ0n) is 11.9. The van der Waals surface area contributed by atoms with E-state index in [2.05, 4.69) is 0 Å². The Labute approximate surface area is 123 Å². The fourth-order valence-electron chi connectivity index (χ4n) is 2.75. The van der Waals surface area contributed by atoms with Crippen LogP contribution in [0, 0.1) is 0 Å². The number of rotatable bonds is 5. The average Bonchev–Trinajstić information content (AvgIpc) is 2.82. The third kappa shape index (κ3) is 3.12. The van der Waals surface area contributed by atoms with Gasteiger partial charge in [-0.3, -0.25) is 0 Å². The van der Waals surface area contributed by atoms with Crippen molar-refractivity contribution in [3.8, 4) is 0 Å². The predicted octanol–water partition coefficient (Wildman–Crippen LogP) is 0.649. The molecule has 1 fully saturated rings. The Bertz CT molecular complexity index is 621. The number of aromatic carboxylic acids is 1. The summed E-state index contributed by atoms with van der Waals surface area (Å²) in [4.78, 5) is 11.0. The minimum Gasteiger partial charge on any atom is -0.477 e. The smallest absolute Gasteiger partial charge is 0.352 e. The van der Waals surface area contributed by atoms with Crippen LogP contribution in [0.1, 0.15) is 36.2 Å². The molecule has 2 N–H and O–H groups in total. The Hall–Kier alpha value is -1.38. The summed E-state index contributed by atoms with van der Waals surface area (Å²) in [6, 6.07) is 0.963. The first kappa shape index (κ1) is 16.0. The van der Waals surface area contributed by atoms with Crippen LogP contribution in [0.25, 0.3) is 0 Å². The molecule has 2 rings (SSSR count). The van der Waals surface area contributed by atoms with Gasteiger partial charge in [0.15, 0.2) is 0 Å². The van der Waals surface area contributed by atoms with Crippen LogP contribution in [0.15, 0.2) is 17.2 Å². The maximum Gasteiger partial charge on any atom is 0.352 e. The van der Waals surface area contributed by atoms with Crippen LogP contribution in [-0.2, 0) is 17.1 Å². The van der Waals surface area contributed by atoms with Crippen molar-refractivity contribution in [2.45, 2.75) is 36.6 Å². The van der Waals surface area contributed by atoms with Crippen molar-refractivity contribution in [2.75, 3.05) is 13.2 Å². The molecule has 0 aliphatic carbocycles. The quantitative estimate of drug-likeness (QED) is 0.831. The molecule has 1 aliphatic rings. The highest BCUT2D eigenvalue weighted by molar-refractivity contribution is 7.89. The molecule has 7 nitrogen and oxygen atoms in total. The molecule has 0 amide bonds. The van der Waals surface area contributed by atoms with Gasteiger partial charge in [-0.25, -0.2) is 13.2 Å². The zero-order valence-corrected chi connectivity index (χ0v) is 12.7. The van der Waals surface area contributed by atoms with Crippen molar-refractivity contribution in [3.05, 3.63) is 18.0 Å². The predicted molar refractivity (Wildman–Crippen MR) is 75.6 cm³/mol. The van der Waals surface area contributed by atoms with Gasteiger partial charge in [0, 0.05) is 32.4 Å². The molecule has 1 aromatic rings. The average molecular weight is 316 g/mol. The molecule has 1 unspecified atom stereocenters. The standard InChI is InChI=1S/C13H20N2O5S/c1-14-9-11(8-12(14)13(17)18)21(19,20)15-6-3-2-4-10(15)5-7-16/h8-10,16H,2-7H2,1H3,(H,17,18). The Kier molecular flexibility index (Phi) is 4.70. The molecule has 1 aliphatic heterocycles. The fourth-order valence-corrected chi connectivity index (χ4v) is 4.55. The number of carboxylic acids is 1. The molecule has 118 valence electrons. The molecular formula is C13H20N2O5S. The van der Waals surface area contributed by atoms with E-state index >= 15 is 0 Å². The van der Waals surface area contributed by atoms with Gasteiger partial charge in [-0.2, -0.15) is 4.31 Å². The molecule has 0 saturated carbocycles. The number of aliphatic hydroxyl groups is 1. The number of nitrogens with zero attached hydrogens (tertiary/aromatic N) is 2. The molecule has 0 bridgehead atoms. The number of sulfonamides is 1. The lowest BCUT2D eigenvalue weighted by Crippen LogP contribution is -2.43. The number of aromatic nitrogens is 1. The fraction of sp³-hybridized carbons (Fsp3) is 0.615. The number of hydrogen-bond acceptors (Lipinski definition) is 4. The van der Waals surface area contributed by atoms with Gasteiger partial charge in [0.25, 0.3) is 0 Å². The first-order valence-corrected chi connectivity index (χ1v) is 8.34. The van der Waals surface area contributed by atoms with Crippen LogP contribution in [-0.4, -0.2) is 52.7 Å². The van der Waals surface area contributed by atoms with Gasteiger partial charge < -0.3 is 14.8 Å². The number of aryl methyl sites for hydroxylation is 1. The molecule has 1 atom stereocenters. The minimum absolute atomic E-state index is 0.00719. The van der Waals surface area contributed by atoms with Crippen LogP contribution >= 0.6 is 0 Å². The van der Waals surface area contributed by atoms with Crippen molar-refractivity contribution in [1.29, 1.82) is 0 Å². The Morgan fingerprint density at radius 2 is 2.14 bits per heavy atom. The van der Waals surface area contributed by atoms with E-state index in [1.165, 1.54) is 28.2 Å². The monoisotopic (exact) mass is 316 g/mol. The molecule has 0 spiro atoms. The molecular weight excluding hydrogens is 296 g/mol. The van der Waals surface area contributed by atoms with E-state index < -0.39 is 16.0 Å². The highest BCUT2D eigenvalue weighted by Gasteiger charge is 2.34. The number of piperidine rings is 1. The van der Waals surface area contributed by atoms with E-state index in [4.69, 9.17) is 10.2 Å². The Morgan fingerprint density at radius 3 is 2.71 bits per heavy atom. The summed E-state index contributed by atoms with van der Waals surface area (Å²) in [5.41, 5.74) is -0.0655. The van der Waals surface area contributed by atoms with Crippen molar-refractivity contribution >= 4 is 16.0 Å². The van der Waals surface area contributed by atoms with Gasteiger partial charge in [-0.15, -0.1) is 0 Å². The van der Waals surface area contributed by atoms with Crippen LogP contribution in [0.4, 0.5) is 0 Å². The number of hydrogen-bond donors (Lipinski definition) is 2. The second-order valence-electron chi connectivity index (χ2n) is 5.25. The van der Waals surface area contributed by atoms with Crippen LogP contribution in [0.2, 0.25) is 0 Å². The van der Waals surface area contributed by atoms with Gasteiger partial charge in [0.1, 0.15) is 10.6 Å². The Balaban J connectivity index is 2.36. The molecule has 0 aromatic carbocycles. The van der Waals surface area contributed by atoms with Gasteiger partial charge in [-0.05, 0) is 25.3 Å². The minimum atomic E-state index is -3.73. The summed E-state index contributed by atoms with van der Waals surface area (Å²) < 4.78 is 28.1. The largest absolute Gasteiger partial charge is 0.477 e. The molecule has 8 heteroatoms. The molecule has 1 saturated heterocycles. The van der Waals surface area contributed by atoms with Gasteiger partial charge in [0.05, 0.1) is 0 Å². The van der Waals surface area contributed by atoms with E-state index in [0.29, 0.717) is 13.0 Å². The van der Waals surface area contributed by atoms with Gasteiger partial charge in [-0.1, -0.05) is 6.42 Å². The lowest BCUT2D eigenvalue weighted by molar-refractivity contribution is 0.0686. The maximum atomic E-state index is 12.7. The van der Waals surface area contributed by atoms with Gasteiger partial charge >= 0.3 is 5.97 Å². The van der Waals surface area contributed by atoms with Crippen LogP contribution in [0.3, 0.4) is 0 Å². The van der Waals surface area contributed by atoms with Crippen molar-refractivity contribution in [2.24, 2.45) is 7.05 Å². The summed E-state index contributed by atoms with van der Waals surface area (Å²) in [7, 11) is -2.23. The Morgan fingerprint density at radius 1 is 1.43 bits per heavy atom. The van der Waals surface area contributed by atoms with Crippen molar-refractivity contribution < 1.29 is 23.4 Å². The lowest BCUT2D eigenvalue weighted by atomic mass is 10.0. The molecule has 21 heavy (non-hydrogen) atoms. The summed E-state index contributed by atoms with van der Waals surface area (Å²) in [5, 5.41) is 18.1. The third-order valence-corrected chi connectivity index (χ3v) is 5.76. The number of carboxylic acid groups (broad SMARTS) is 1. The summed E-state index contributed by atoms with van der Waals surface area (Å²) in [6.45, 7) is 0.343. The van der Waals surface area contributed by atoms with Gasteiger partial charge in [0.2, 0.25) is 10.0 Å². The van der Waals surface area contributed by atoms with Crippen molar-refractivity contribution in [3.63, 3.8) is 0 Å². The van der Waals surface area contributed by atoms with E-state index in [9.17, 15) is 13.2 Å². The second-order valence-corrected chi connectivity index (χ2v) is 7.15. The summed E-state index contributed by atoms with van der Waals surface area (Å²) in [5.74, 6) is -1.16. The molecule has 0 radical (unpaired) electrons. The highest BCUT2D eigenvalue weighted by Crippen LogP contribution is 2.27. The highest BCUT2D eigenvalue weighted by atomic mass is 32.2. The maximum absolute atomic E-state index is 12.7.